The van der Waals surface area contributed by atoms with E-state index in [9.17, 15) is 33.0 Å². The molecule has 1 aliphatic carbocycles. The van der Waals surface area contributed by atoms with Gasteiger partial charge in [-0.25, -0.2) is 42.6 Å². The molecule has 344 valence electrons. The molecule has 19 nitrogen and oxygen atoms in total. The SMILES string of the molecule is CC(=O)CN(C=O)C=Nc1cc(Br)c(Cl)cc1C.CC(C)(C)OC(=O)N1CCCC(OC(=O)NS(=O)N2CCN(C(=O)Nc3nccnc3C(=O)NC3Cc4ccccc4C3)CC2)C1. The van der Waals surface area contributed by atoms with Gasteiger partial charge < -0.3 is 24.6 Å². The Bertz CT molecular complexity index is 2230. The van der Waals surface area contributed by atoms with Crippen molar-refractivity contribution >= 4 is 92.9 Å². The molecule has 0 radical (unpaired) electrons. The number of benzene rings is 2. The maximum atomic E-state index is 13.1. The number of carbonyl (C=O) groups is 6. The molecule has 64 heavy (non-hydrogen) atoms. The zero-order chi connectivity index (χ0) is 46.6. The minimum atomic E-state index is -1.90. The Kier molecular flexibility index (Phi) is 17.7. The van der Waals surface area contributed by atoms with E-state index in [1.165, 1.54) is 55.8 Å². The number of piperazine rings is 1. The molecular weight excluding hydrogens is 936 g/mol. The van der Waals surface area contributed by atoms with E-state index >= 15 is 0 Å². The van der Waals surface area contributed by atoms with Crippen molar-refractivity contribution in [3.63, 3.8) is 0 Å². The Hall–Kier alpha value is -5.51. The smallest absolute Gasteiger partial charge is 0.420 e. The molecule has 6 amide bonds. The number of hydrogen-bond acceptors (Lipinski definition) is 12. The summed E-state index contributed by atoms with van der Waals surface area (Å²) in [5.74, 6) is -0.489. The maximum absolute atomic E-state index is 13.1. The van der Waals surface area contributed by atoms with Gasteiger partial charge in [0.2, 0.25) is 17.6 Å². The van der Waals surface area contributed by atoms with E-state index in [0.717, 1.165) is 22.9 Å². The van der Waals surface area contributed by atoms with Gasteiger partial charge in [0.05, 0.1) is 30.1 Å². The fraction of sp³-hybridized carbons (Fsp3) is 0.452. The van der Waals surface area contributed by atoms with Crippen LogP contribution in [0.1, 0.15) is 67.7 Å². The third-order valence-corrected chi connectivity index (χ3v) is 12.3. The molecule has 2 saturated heterocycles. The van der Waals surface area contributed by atoms with E-state index in [1.54, 1.807) is 32.9 Å². The van der Waals surface area contributed by atoms with Crippen molar-refractivity contribution < 1.29 is 42.4 Å². The van der Waals surface area contributed by atoms with E-state index < -0.39 is 47.0 Å². The van der Waals surface area contributed by atoms with E-state index in [2.05, 4.69) is 46.2 Å². The summed E-state index contributed by atoms with van der Waals surface area (Å²) in [5, 5.41) is 6.28. The van der Waals surface area contributed by atoms with Gasteiger partial charge in [-0.2, -0.15) is 0 Å². The summed E-state index contributed by atoms with van der Waals surface area (Å²) >= 11 is 7.34. The van der Waals surface area contributed by atoms with Gasteiger partial charge in [-0.05, 0) is 105 Å². The quantitative estimate of drug-likeness (QED) is 0.126. The molecular formula is C42H52BrClN10O9S. The second-order valence-electron chi connectivity index (χ2n) is 16.2. The number of fused-ring (bicyclic) bond motifs is 1. The van der Waals surface area contributed by atoms with Crippen molar-refractivity contribution in [3.8, 4) is 0 Å². The molecule has 3 aromatic rings. The third kappa shape index (κ3) is 14.8. The van der Waals surface area contributed by atoms with Crippen LogP contribution in [-0.2, 0) is 43.1 Å². The number of rotatable bonds is 11. The molecule has 2 atom stereocenters. The molecule has 6 rings (SSSR count). The number of amides is 6. The lowest BCUT2D eigenvalue weighted by molar-refractivity contribution is -0.122. The first-order valence-corrected chi connectivity index (χ1v) is 22.7. The van der Waals surface area contributed by atoms with Gasteiger partial charge >= 0.3 is 18.2 Å². The monoisotopic (exact) mass is 986 g/mol. The number of halogens is 2. The molecule has 2 fully saturated rings. The van der Waals surface area contributed by atoms with Gasteiger partial charge in [-0.15, -0.1) is 0 Å². The first-order chi connectivity index (χ1) is 30.4. The minimum absolute atomic E-state index is 0.0147. The fourth-order valence-electron chi connectivity index (χ4n) is 6.86. The summed E-state index contributed by atoms with van der Waals surface area (Å²) in [6, 6.07) is 11.0. The number of Topliss-reactive ketones (excluding diaryl/α,β-unsaturated/α-hetero) is 1. The lowest BCUT2D eigenvalue weighted by Gasteiger charge is -2.34. The first-order valence-electron chi connectivity index (χ1n) is 20.5. The molecule has 2 unspecified atom stereocenters. The summed E-state index contributed by atoms with van der Waals surface area (Å²) < 4.78 is 28.3. The number of aryl methyl sites for hydroxylation is 1. The van der Waals surface area contributed by atoms with E-state index in [0.29, 0.717) is 36.5 Å². The Morgan fingerprint density at radius 2 is 1.69 bits per heavy atom. The summed E-state index contributed by atoms with van der Waals surface area (Å²) in [7, 11) is 0. The van der Waals surface area contributed by atoms with Crippen molar-refractivity contribution in [1.29, 1.82) is 0 Å². The predicted octanol–water partition coefficient (Wildman–Crippen LogP) is 5.35. The number of carbonyl (C=O) groups excluding carboxylic acids is 6. The van der Waals surface area contributed by atoms with Crippen LogP contribution in [0.2, 0.25) is 5.02 Å². The van der Waals surface area contributed by atoms with Crippen molar-refractivity contribution in [3.05, 3.63) is 80.7 Å². The Balaban J connectivity index is 0.000000359. The number of piperidine rings is 1. The second-order valence-corrected chi connectivity index (χ2v) is 18.7. The van der Waals surface area contributed by atoms with Gasteiger partial charge in [0, 0.05) is 55.6 Å². The van der Waals surface area contributed by atoms with Crippen molar-refractivity contribution in [2.45, 2.75) is 78.0 Å². The highest BCUT2D eigenvalue weighted by molar-refractivity contribution is 9.10. The minimum Gasteiger partial charge on any atom is -0.444 e. The number of likely N-dealkylation sites (tertiary alicyclic amines) is 1. The van der Waals surface area contributed by atoms with Crippen LogP contribution >= 0.6 is 27.5 Å². The molecule has 3 aliphatic rings. The zero-order valence-electron chi connectivity index (χ0n) is 36.2. The lowest BCUT2D eigenvalue weighted by atomic mass is 10.1. The van der Waals surface area contributed by atoms with Gasteiger partial charge in [-0.1, -0.05) is 35.9 Å². The number of anilines is 1. The molecule has 0 bridgehead atoms. The van der Waals surface area contributed by atoms with E-state index in [4.69, 9.17) is 21.1 Å². The summed E-state index contributed by atoms with van der Waals surface area (Å²) in [5.41, 5.74) is 3.34. The van der Waals surface area contributed by atoms with Gasteiger partial charge in [0.1, 0.15) is 17.5 Å². The molecule has 2 aromatic carbocycles. The van der Waals surface area contributed by atoms with E-state index in [1.807, 2.05) is 31.2 Å². The zero-order valence-corrected chi connectivity index (χ0v) is 39.3. The van der Waals surface area contributed by atoms with E-state index in [-0.39, 0.29) is 62.6 Å². The first kappa shape index (κ1) is 49.5. The van der Waals surface area contributed by atoms with Crippen LogP contribution in [0.3, 0.4) is 0 Å². The van der Waals surface area contributed by atoms with Crippen LogP contribution in [0, 0.1) is 6.92 Å². The predicted molar refractivity (Wildman–Crippen MR) is 243 cm³/mol. The average Bonchev–Trinajstić information content (AvgIpc) is 3.66. The van der Waals surface area contributed by atoms with Gasteiger partial charge in [0.15, 0.2) is 11.5 Å². The molecule has 0 saturated carbocycles. The summed E-state index contributed by atoms with van der Waals surface area (Å²) in [6.45, 7) is 10.2. The van der Waals surface area contributed by atoms with Crippen LogP contribution in [0.4, 0.5) is 25.9 Å². The van der Waals surface area contributed by atoms with Crippen LogP contribution in [0.25, 0.3) is 0 Å². The van der Waals surface area contributed by atoms with Gasteiger partial charge in [-0.3, -0.25) is 24.6 Å². The maximum Gasteiger partial charge on any atom is 0.420 e. The highest BCUT2D eigenvalue weighted by atomic mass is 79.9. The highest BCUT2D eigenvalue weighted by Gasteiger charge is 2.32. The van der Waals surface area contributed by atoms with Crippen molar-refractivity contribution in [2.75, 3.05) is 51.1 Å². The number of nitrogens with one attached hydrogen (secondary N) is 3. The molecule has 0 spiro atoms. The Morgan fingerprint density at radius 1 is 1.02 bits per heavy atom. The molecule has 22 heteroatoms. The number of aromatic nitrogens is 2. The fourth-order valence-corrected chi connectivity index (χ4v) is 8.22. The van der Waals surface area contributed by atoms with Gasteiger partial charge in [0.25, 0.3) is 5.91 Å². The van der Waals surface area contributed by atoms with Crippen LogP contribution in [-0.4, -0.2) is 139 Å². The standard InChI is InChI=1S/C30H40N8O7S.C12H12BrClN2O2/c1-30(2,3)45-29(42)37-12-6-9-23(19-37)44-28(41)35-46(43)38-15-13-36(14-16-38)27(40)34-25-24(31-10-11-32-25)26(39)33-22-17-20-7-4-5-8-21(20)18-22;1-8-3-11(14)10(13)4-12(8)15-6-16(7-17)5-9(2)18/h4-5,7-8,10-11,22-23H,6,9,12-19H2,1-3H3,(H,33,39)(H,35,41)(H,32,34,40);3-4,6-7H,5H2,1-2H3. The van der Waals surface area contributed by atoms with Crippen LogP contribution in [0.15, 0.2) is 58.3 Å². The number of ketones is 1. The number of aliphatic imine (C=N–C) groups is 1. The molecule has 2 aliphatic heterocycles. The third-order valence-electron chi connectivity index (χ3n) is 9.88. The number of ether oxygens (including phenoxy) is 2. The second kappa shape index (κ2) is 22.9. The molecule has 3 heterocycles. The lowest BCUT2D eigenvalue weighted by Crippen LogP contribution is -2.53. The summed E-state index contributed by atoms with van der Waals surface area (Å²) in [4.78, 5) is 89.3. The normalized spacial score (nSPS) is 17.0. The summed E-state index contributed by atoms with van der Waals surface area (Å²) in [6.07, 6.45) is 5.44. The number of urea groups is 1. The number of nitrogens with zero attached hydrogens (tertiary/aromatic N) is 7. The average molecular weight is 988 g/mol. The Labute approximate surface area is 387 Å². The highest BCUT2D eigenvalue weighted by Crippen LogP contribution is 2.30. The Morgan fingerprint density at radius 3 is 2.33 bits per heavy atom. The van der Waals surface area contributed by atoms with Crippen LogP contribution in [0.5, 0.6) is 0 Å². The molecule has 3 N–H and O–H groups in total. The topological polar surface area (TPSA) is 225 Å². The molecule has 1 aromatic heterocycles. The van der Waals surface area contributed by atoms with Crippen LogP contribution < -0.4 is 15.4 Å². The number of hydrogen-bond donors (Lipinski definition) is 3. The van der Waals surface area contributed by atoms with Crippen molar-refractivity contribution in [1.82, 2.24) is 39.0 Å². The largest absolute Gasteiger partial charge is 0.444 e. The van der Waals surface area contributed by atoms with Crippen molar-refractivity contribution in [2.24, 2.45) is 4.99 Å².